The van der Waals surface area contributed by atoms with E-state index in [9.17, 15) is 14.7 Å². The molecule has 1 amide bonds. The van der Waals surface area contributed by atoms with E-state index >= 15 is 0 Å². The van der Waals surface area contributed by atoms with Gasteiger partial charge in [0.1, 0.15) is 17.6 Å². The molecule has 0 radical (unpaired) electrons. The second-order valence-corrected chi connectivity index (χ2v) is 5.97. The molecule has 1 unspecified atom stereocenters. The molecule has 1 aliphatic heterocycles. The standard InChI is InChI=1S/C20H20N2O5/c1-26-12-11-22-17(15-5-3-4-10-21-15)16(19(24)20(22)25)18(23)13-6-8-14(27-2)9-7-13/h3-10,17,23H,11-12H2,1-2H3/b18-16-. The summed E-state index contributed by atoms with van der Waals surface area (Å²) in [5.41, 5.74) is 0.935. The molecule has 0 saturated carbocycles. The van der Waals surface area contributed by atoms with Crippen molar-refractivity contribution in [3.63, 3.8) is 0 Å². The number of hydrogen-bond acceptors (Lipinski definition) is 6. The first-order valence-electron chi connectivity index (χ1n) is 8.41. The molecule has 27 heavy (non-hydrogen) atoms. The first-order valence-corrected chi connectivity index (χ1v) is 8.41. The average molecular weight is 368 g/mol. The Morgan fingerprint density at radius 3 is 2.48 bits per heavy atom. The third kappa shape index (κ3) is 3.54. The van der Waals surface area contributed by atoms with Gasteiger partial charge in [-0.2, -0.15) is 0 Å². The lowest BCUT2D eigenvalue weighted by Crippen LogP contribution is -2.33. The van der Waals surface area contributed by atoms with E-state index in [4.69, 9.17) is 9.47 Å². The van der Waals surface area contributed by atoms with Crippen molar-refractivity contribution >= 4 is 17.4 Å². The van der Waals surface area contributed by atoms with Gasteiger partial charge in [-0.1, -0.05) is 6.07 Å². The lowest BCUT2D eigenvalue weighted by molar-refractivity contribution is -0.140. The fourth-order valence-electron chi connectivity index (χ4n) is 3.05. The number of rotatable bonds is 6. The zero-order valence-corrected chi connectivity index (χ0v) is 15.1. The summed E-state index contributed by atoms with van der Waals surface area (Å²) in [6.07, 6.45) is 1.58. The number of pyridine rings is 1. The number of nitrogens with zero attached hydrogens (tertiary/aromatic N) is 2. The molecule has 1 saturated heterocycles. The zero-order chi connectivity index (χ0) is 19.4. The third-order valence-electron chi connectivity index (χ3n) is 4.41. The largest absolute Gasteiger partial charge is 0.507 e. The van der Waals surface area contributed by atoms with E-state index < -0.39 is 17.7 Å². The predicted octanol–water partition coefficient (Wildman–Crippen LogP) is 2.16. The highest BCUT2D eigenvalue weighted by molar-refractivity contribution is 6.46. The highest BCUT2D eigenvalue weighted by Crippen LogP contribution is 2.38. The molecule has 0 aliphatic carbocycles. The monoisotopic (exact) mass is 368 g/mol. The number of carbonyl (C=O) groups excluding carboxylic acids is 2. The van der Waals surface area contributed by atoms with E-state index in [1.54, 1.807) is 48.7 Å². The van der Waals surface area contributed by atoms with Crippen LogP contribution < -0.4 is 4.74 Å². The smallest absolute Gasteiger partial charge is 0.295 e. The summed E-state index contributed by atoms with van der Waals surface area (Å²) < 4.78 is 10.2. The molecule has 2 heterocycles. The Labute approximate surface area is 156 Å². The van der Waals surface area contributed by atoms with Crippen LogP contribution in [0.4, 0.5) is 0 Å². The zero-order valence-electron chi connectivity index (χ0n) is 15.1. The number of aliphatic hydroxyl groups is 1. The number of aromatic nitrogens is 1. The molecule has 1 aromatic heterocycles. The van der Waals surface area contributed by atoms with Gasteiger partial charge in [0.05, 0.1) is 25.0 Å². The molecule has 1 atom stereocenters. The summed E-state index contributed by atoms with van der Waals surface area (Å²) in [7, 11) is 3.06. The van der Waals surface area contributed by atoms with E-state index in [0.717, 1.165) is 0 Å². The highest BCUT2D eigenvalue weighted by Gasteiger charge is 2.46. The first-order chi connectivity index (χ1) is 13.1. The Hall–Kier alpha value is -3.19. The van der Waals surface area contributed by atoms with E-state index in [0.29, 0.717) is 17.0 Å². The fraction of sp³-hybridized carbons (Fsp3) is 0.250. The summed E-state index contributed by atoms with van der Waals surface area (Å²) in [5.74, 6) is -1.05. The van der Waals surface area contributed by atoms with Gasteiger partial charge in [-0.15, -0.1) is 0 Å². The van der Waals surface area contributed by atoms with Crippen LogP contribution in [-0.4, -0.2) is 54.1 Å². The van der Waals surface area contributed by atoms with Crippen molar-refractivity contribution in [2.24, 2.45) is 0 Å². The minimum Gasteiger partial charge on any atom is -0.507 e. The van der Waals surface area contributed by atoms with Gasteiger partial charge in [0, 0.05) is 25.4 Å². The molecule has 1 fully saturated rings. The van der Waals surface area contributed by atoms with Crippen LogP contribution >= 0.6 is 0 Å². The molecule has 1 aromatic carbocycles. The molecule has 140 valence electrons. The van der Waals surface area contributed by atoms with Crippen molar-refractivity contribution in [1.29, 1.82) is 0 Å². The summed E-state index contributed by atoms with van der Waals surface area (Å²) in [4.78, 5) is 30.9. The predicted molar refractivity (Wildman–Crippen MR) is 98.1 cm³/mol. The van der Waals surface area contributed by atoms with E-state index in [-0.39, 0.29) is 24.5 Å². The first kappa shape index (κ1) is 18.6. The number of aliphatic hydroxyl groups excluding tert-OH is 1. The van der Waals surface area contributed by atoms with Crippen LogP contribution in [0.15, 0.2) is 54.2 Å². The van der Waals surface area contributed by atoms with Gasteiger partial charge in [0.15, 0.2) is 0 Å². The number of amides is 1. The van der Waals surface area contributed by atoms with Gasteiger partial charge < -0.3 is 19.5 Å². The van der Waals surface area contributed by atoms with Crippen molar-refractivity contribution in [2.75, 3.05) is 27.4 Å². The number of likely N-dealkylation sites (tertiary alicyclic amines) is 1. The number of ketones is 1. The lowest BCUT2D eigenvalue weighted by atomic mass is 9.98. The van der Waals surface area contributed by atoms with Crippen molar-refractivity contribution in [1.82, 2.24) is 9.88 Å². The molecular formula is C20H20N2O5. The maximum atomic E-state index is 12.7. The molecule has 7 nitrogen and oxygen atoms in total. The summed E-state index contributed by atoms with van der Waals surface area (Å²) in [6, 6.07) is 11.1. The van der Waals surface area contributed by atoms with Crippen LogP contribution in [-0.2, 0) is 14.3 Å². The number of benzene rings is 1. The Balaban J connectivity index is 2.11. The number of methoxy groups -OCH3 is 2. The Morgan fingerprint density at radius 1 is 1.15 bits per heavy atom. The van der Waals surface area contributed by atoms with Crippen LogP contribution in [0.25, 0.3) is 5.76 Å². The van der Waals surface area contributed by atoms with Crippen molar-refractivity contribution in [3.05, 3.63) is 65.5 Å². The summed E-state index contributed by atoms with van der Waals surface area (Å²) in [6.45, 7) is 0.473. The Kier molecular flexibility index (Phi) is 5.52. The Morgan fingerprint density at radius 2 is 1.89 bits per heavy atom. The van der Waals surface area contributed by atoms with Gasteiger partial charge in [-0.3, -0.25) is 14.6 Å². The maximum Gasteiger partial charge on any atom is 0.295 e. The third-order valence-corrected chi connectivity index (χ3v) is 4.41. The average Bonchev–Trinajstić information content (AvgIpc) is 2.97. The second-order valence-electron chi connectivity index (χ2n) is 5.97. The summed E-state index contributed by atoms with van der Waals surface area (Å²) >= 11 is 0. The molecule has 0 bridgehead atoms. The van der Waals surface area contributed by atoms with Gasteiger partial charge in [-0.25, -0.2) is 0 Å². The molecule has 3 rings (SSSR count). The Bertz CT molecular complexity index is 862. The number of ether oxygens (including phenoxy) is 2. The SMILES string of the molecule is COCCN1C(=O)C(=O)/C(=C(\O)c2ccc(OC)cc2)C1c1ccccn1. The minimum atomic E-state index is -0.775. The normalized spacial score (nSPS) is 18.7. The van der Waals surface area contributed by atoms with Crippen molar-refractivity contribution in [2.45, 2.75) is 6.04 Å². The van der Waals surface area contributed by atoms with Gasteiger partial charge in [-0.05, 0) is 36.4 Å². The molecule has 2 aromatic rings. The number of carbonyl (C=O) groups is 2. The van der Waals surface area contributed by atoms with E-state index in [1.807, 2.05) is 0 Å². The number of Topliss-reactive ketones (excluding diaryl/α,β-unsaturated/α-hetero) is 1. The minimum absolute atomic E-state index is 0.0139. The van der Waals surface area contributed by atoms with Gasteiger partial charge in [0.2, 0.25) is 0 Å². The van der Waals surface area contributed by atoms with Crippen LogP contribution in [0.3, 0.4) is 0 Å². The molecule has 1 N–H and O–H groups in total. The number of hydrogen-bond donors (Lipinski definition) is 1. The van der Waals surface area contributed by atoms with Crippen LogP contribution in [0.5, 0.6) is 5.75 Å². The van der Waals surface area contributed by atoms with Crippen LogP contribution in [0.2, 0.25) is 0 Å². The van der Waals surface area contributed by atoms with E-state index in [1.165, 1.54) is 19.1 Å². The molecule has 7 heteroatoms. The highest BCUT2D eigenvalue weighted by atomic mass is 16.5. The fourth-order valence-corrected chi connectivity index (χ4v) is 3.05. The van der Waals surface area contributed by atoms with Crippen LogP contribution in [0.1, 0.15) is 17.3 Å². The summed E-state index contributed by atoms with van der Waals surface area (Å²) in [5, 5.41) is 10.8. The van der Waals surface area contributed by atoms with Crippen molar-refractivity contribution in [3.8, 4) is 5.75 Å². The van der Waals surface area contributed by atoms with Crippen molar-refractivity contribution < 1.29 is 24.2 Å². The quantitative estimate of drug-likeness (QED) is 0.477. The van der Waals surface area contributed by atoms with Gasteiger partial charge in [0.25, 0.3) is 11.7 Å². The lowest BCUT2D eigenvalue weighted by Gasteiger charge is -2.24. The second kappa shape index (κ2) is 8.01. The molecule has 0 spiro atoms. The van der Waals surface area contributed by atoms with Crippen LogP contribution in [0, 0.1) is 0 Å². The maximum absolute atomic E-state index is 12.7. The topological polar surface area (TPSA) is 89.0 Å². The molecule has 1 aliphatic rings. The molecular weight excluding hydrogens is 348 g/mol. The van der Waals surface area contributed by atoms with E-state index in [2.05, 4.69) is 4.98 Å². The van der Waals surface area contributed by atoms with Gasteiger partial charge >= 0.3 is 0 Å².